The summed E-state index contributed by atoms with van der Waals surface area (Å²) in [5, 5.41) is 7.09. The number of nitrogens with one attached hydrogen (secondary N) is 2. The molecule has 0 aliphatic carbocycles. The summed E-state index contributed by atoms with van der Waals surface area (Å²) in [5.74, 6) is 1.16. The smallest absolute Gasteiger partial charge is 0.229 e. The lowest BCUT2D eigenvalue weighted by atomic mass is 10.1. The SMILES string of the molecule is CN1CCN(c2ccc(Nc3ncc(Cl)c(NCCc4ccccc4)n3)cc2)CC1. The number of hydrogen-bond acceptors (Lipinski definition) is 6. The van der Waals surface area contributed by atoms with Crippen LogP contribution in [0.15, 0.2) is 60.8 Å². The second-order valence-electron chi connectivity index (χ2n) is 7.51. The zero-order valence-corrected chi connectivity index (χ0v) is 17.9. The summed E-state index contributed by atoms with van der Waals surface area (Å²) in [6.07, 6.45) is 2.53. The monoisotopic (exact) mass is 422 g/mol. The average molecular weight is 423 g/mol. The first kappa shape index (κ1) is 20.4. The summed E-state index contributed by atoms with van der Waals surface area (Å²) in [5.41, 5.74) is 3.47. The molecule has 0 spiro atoms. The maximum atomic E-state index is 6.27. The second-order valence-corrected chi connectivity index (χ2v) is 7.92. The number of benzene rings is 2. The van der Waals surface area contributed by atoms with E-state index in [2.05, 4.69) is 73.8 Å². The largest absolute Gasteiger partial charge is 0.369 e. The van der Waals surface area contributed by atoms with Crippen molar-refractivity contribution in [3.8, 4) is 0 Å². The van der Waals surface area contributed by atoms with Gasteiger partial charge in [0, 0.05) is 44.1 Å². The van der Waals surface area contributed by atoms with Crippen molar-refractivity contribution in [1.29, 1.82) is 0 Å². The van der Waals surface area contributed by atoms with Crippen molar-refractivity contribution in [1.82, 2.24) is 14.9 Å². The van der Waals surface area contributed by atoms with E-state index in [-0.39, 0.29) is 0 Å². The normalized spacial score (nSPS) is 14.5. The minimum atomic E-state index is 0.513. The summed E-state index contributed by atoms with van der Waals surface area (Å²) in [6.45, 7) is 5.06. The van der Waals surface area contributed by atoms with E-state index < -0.39 is 0 Å². The molecular formula is C23H27ClN6. The Hall–Kier alpha value is -2.83. The fraction of sp³-hybridized carbons (Fsp3) is 0.304. The maximum Gasteiger partial charge on any atom is 0.229 e. The summed E-state index contributed by atoms with van der Waals surface area (Å²) in [7, 11) is 2.17. The Balaban J connectivity index is 1.35. The average Bonchev–Trinajstić information content (AvgIpc) is 2.78. The van der Waals surface area contributed by atoms with Gasteiger partial charge in [-0.25, -0.2) is 4.98 Å². The van der Waals surface area contributed by atoms with E-state index in [1.807, 2.05) is 18.2 Å². The summed E-state index contributed by atoms with van der Waals surface area (Å²) >= 11 is 6.27. The molecule has 2 aromatic carbocycles. The molecule has 0 unspecified atom stereocenters. The fourth-order valence-corrected chi connectivity index (χ4v) is 3.63. The highest BCUT2D eigenvalue weighted by Gasteiger charge is 2.14. The highest BCUT2D eigenvalue weighted by atomic mass is 35.5. The van der Waals surface area contributed by atoms with Gasteiger partial charge in [-0.2, -0.15) is 4.98 Å². The molecule has 3 aromatic rings. The van der Waals surface area contributed by atoms with Gasteiger partial charge in [0.05, 0.1) is 6.20 Å². The first-order valence-electron chi connectivity index (χ1n) is 10.3. The quantitative estimate of drug-likeness (QED) is 0.592. The van der Waals surface area contributed by atoms with Gasteiger partial charge in [-0.05, 0) is 43.3 Å². The van der Waals surface area contributed by atoms with E-state index in [9.17, 15) is 0 Å². The van der Waals surface area contributed by atoms with Crippen LogP contribution in [0.4, 0.5) is 23.1 Å². The second kappa shape index (κ2) is 9.78. The highest BCUT2D eigenvalue weighted by Crippen LogP contribution is 2.23. The molecule has 0 radical (unpaired) electrons. The van der Waals surface area contributed by atoms with E-state index in [0.29, 0.717) is 16.8 Å². The molecule has 0 saturated carbocycles. The van der Waals surface area contributed by atoms with Crippen LogP contribution in [-0.4, -0.2) is 54.6 Å². The van der Waals surface area contributed by atoms with Crippen molar-refractivity contribution in [2.24, 2.45) is 0 Å². The molecule has 1 fully saturated rings. The predicted molar refractivity (Wildman–Crippen MR) is 125 cm³/mol. The molecule has 0 bridgehead atoms. The number of anilines is 4. The number of aromatic nitrogens is 2. The van der Waals surface area contributed by atoms with Gasteiger partial charge in [-0.1, -0.05) is 41.9 Å². The van der Waals surface area contributed by atoms with Crippen molar-refractivity contribution in [3.63, 3.8) is 0 Å². The first-order chi connectivity index (χ1) is 14.7. The maximum absolute atomic E-state index is 6.27. The van der Waals surface area contributed by atoms with Crippen LogP contribution in [0, 0.1) is 0 Å². The number of rotatable bonds is 7. The van der Waals surface area contributed by atoms with E-state index in [4.69, 9.17) is 11.6 Å². The Morgan fingerprint density at radius 2 is 1.70 bits per heavy atom. The van der Waals surface area contributed by atoms with Gasteiger partial charge in [-0.3, -0.25) is 0 Å². The Morgan fingerprint density at radius 3 is 2.43 bits per heavy atom. The van der Waals surface area contributed by atoms with E-state index >= 15 is 0 Å². The number of halogens is 1. The third-order valence-electron chi connectivity index (χ3n) is 5.28. The molecule has 1 aliphatic rings. The number of nitrogens with zero attached hydrogens (tertiary/aromatic N) is 4. The minimum Gasteiger partial charge on any atom is -0.369 e. The molecule has 2 heterocycles. The summed E-state index contributed by atoms with van der Waals surface area (Å²) in [4.78, 5) is 13.6. The van der Waals surface area contributed by atoms with Crippen LogP contribution < -0.4 is 15.5 Å². The Morgan fingerprint density at radius 1 is 0.967 bits per heavy atom. The van der Waals surface area contributed by atoms with Gasteiger partial charge in [0.2, 0.25) is 5.95 Å². The van der Waals surface area contributed by atoms with Gasteiger partial charge in [0.25, 0.3) is 0 Å². The molecular weight excluding hydrogens is 396 g/mol. The van der Waals surface area contributed by atoms with Crippen molar-refractivity contribution in [2.75, 3.05) is 55.3 Å². The molecule has 7 heteroatoms. The molecule has 156 valence electrons. The zero-order chi connectivity index (χ0) is 20.8. The van der Waals surface area contributed by atoms with Gasteiger partial charge in [-0.15, -0.1) is 0 Å². The standard InChI is InChI=1S/C23H27ClN6/c1-29-13-15-30(16-14-29)20-9-7-19(8-10-20)27-23-26-17-21(24)22(28-23)25-12-11-18-5-3-2-4-6-18/h2-10,17H,11-16H2,1H3,(H2,25,26,27,28). The Kier molecular flexibility index (Phi) is 6.67. The molecule has 4 rings (SSSR count). The van der Waals surface area contributed by atoms with Crippen LogP contribution in [0.3, 0.4) is 0 Å². The predicted octanol–water partition coefficient (Wildman–Crippen LogP) is 4.28. The minimum absolute atomic E-state index is 0.513. The molecule has 30 heavy (non-hydrogen) atoms. The van der Waals surface area contributed by atoms with Crippen LogP contribution in [0.2, 0.25) is 5.02 Å². The van der Waals surface area contributed by atoms with Crippen LogP contribution in [0.25, 0.3) is 0 Å². The topological polar surface area (TPSA) is 56.3 Å². The molecule has 6 nitrogen and oxygen atoms in total. The van der Waals surface area contributed by atoms with Crippen LogP contribution in [0.1, 0.15) is 5.56 Å². The summed E-state index contributed by atoms with van der Waals surface area (Å²) in [6, 6.07) is 18.7. The number of likely N-dealkylation sites (N-methyl/N-ethyl adjacent to an activating group) is 1. The lowest BCUT2D eigenvalue weighted by molar-refractivity contribution is 0.313. The summed E-state index contributed by atoms with van der Waals surface area (Å²) < 4.78 is 0. The van der Waals surface area contributed by atoms with Crippen molar-refractivity contribution in [3.05, 3.63) is 71.4 Å². The molecule has 1 aliphatic heterocycles. The first-order valence-corrected chi connectivity index (χ1v) is 10.7. The Bertz CT molecular complexity index is 940. The van der Waals surface area contributed by atoms with Crippen LogP contribution >= 0.6 is 11.6 Å². The molecule has 1 aromatic heterocycles. The van der Waals surface area contributed by atoms with Gasteiger partial charge >= 0.3 is 0 Å². The number of piperazine rings is 1. The van der Waals surface area contributed by atoms with Crippen molar-refractivity contribution in [2.45, 2.75) is 6.42 Å². The number of hydrogen-bond donors (Lipinski definition) is 2. The molecule has 2 N–H and O–H groups in total. The van der Waals surface area contributed by atoms with E-state index in [1.165, 1.54) is 11.3 Å². The third-order valence-corrected chi connectivity index (χ3v) is 5.56. The lowest BCUT2D eigenvalue weighted by Crippen LogP contribution is -2.44. The van der Waals surface area contributed by atoms with Crippen LogP contribution in [-0.2, 0) is 6.42 Å². The molecule has 0 amide bonds. The van der Waals surface area contributed by atoms with Gasteiger partial charge < -0.3 is 20.4 Å². The van der Waals surface area contributed by atoms with E-state index in [0.717, 1.165) is 44.8 Å². The van der Waals surface area contributed by atoms with Crippen LogP contribution in [0.5, 0.6) is 0 Å². The third kappa shape index (κ3) is 5.40. The van der Waals surface area contributed by atoms with Gasteiger partial charge in [0.15, 0.2) is 5.82 Å². The van der Waals surface area contributed by atoms with Crippen molar-refractivity contribution >= 4 is 34.7 Å². The fourth-order valence-electron chi connectivity index (χ4n) is 3.47. The zero-order valence-electron chi connectivity index (χ0n) is 17.2. The molecule has 1 saturated heterocycles. The van der Waals surface area contributed by atoms with Gasteiger partial charge in [0.1, 0.15) is 5.02 Å². The Labute approximate surface area is 182 Å². The highest BCUT2D eigenvalue weighted by molar-refractivity contribution is 6.32. The molecule has 0 atom stereocenters. The van der Waals surface area contributed by atoms with E-state index in [1.54, 1.807) is 6.20 Å². The van der Waals surface area contributed by atoms with Crippen molar-refractivity contribution < 1.29 is 0 Å². The lowest BCUT2D eigenvalue weighted by Gasteiger charge is -2.34.